The number of nitrogens with one attached hydrogen (secondary N) is 2. The minimum Gasteiger partial charge on any atom is -0.345 e. The van der Waals surface area contributed by atoms with E-state index in [2.05, 4.69) is 35.1 Å². The fraction of sp³-hybridized carbons (Fsp3) is 0.381. The van der Waals surface area contributed by atoms with Crippen molar-refractivity contribution >= 4 is 11.6 Å². The number of amides is 1. The summed E-state index contributed by atoms with van der Waals surface area (Å²) in [6.07, 6.45) is 3.20. The van der Waals surface area contributed by atoms with Crippen LogP contribution in [0.1, 0.15) is 36.4 Å². The molecule has 1 aliphatic heterocycles. The predicted molar refractivity (Wildman–Crippen MR) is 108 cm³/mol. The second-order valence-electron chi connectivity index (χ2n) is 7.24. The number of non-ortho nitro benzene ring substituents is 1. The van der Waals surface area contributed by atoms with Crippen molar-refractivity contribution in [2.45, 2.75) is 37.8 Å². The number of nitro benzene ring substituents is 1. The van der Waals surface area contributed by atoms with Gasteiger partial charge in [-0.25, -0.2) is 0 Å². The van der Waals surface area contributed by atoms with Crippen LogP contribution in [-0.2, 0) is 11.2 Å². The lowest BCUT2D eigenvalue weighted by atomic mass is 10.00. The Hall–Kier alpha value is -2.77. The van der Waals surface area contributed by atoms with Gasteiger partial charge >= 0.3 is 0 Å². The number of nitrogens with zero attached hydrogens (tertiary/aromatic N) is 2. The highest BCUT2D eigenvalue weighted by Crippen LogP contribution is 2.23. The number of hydrazine groups is 1. The molecule has 0 bridgehead atoms. The molecule has 2 N–H and O–H groups in total. The smallest absolute Gasteiger partial charge is 0.269 e. The van der Waals surface area contributed by atoms with Gasteiger partial charge in [0.2, 0.25) is 5.91 Å². The molecule has 1 fully saturated rings. The molecule has 148 valence electrons. The molecule has 2 aromatic rings. The Morgan fingerprint density at radius 3 is 2.54 bits per heavy atom. The van der Waals surface area contributed by atoms with Crippen LogP contribution < -0.4 is 10.9 Å². The maximum atomic E-state index is 12.4. The SMILES string of the molecule is CN(CCCC1CC(c2ccccc2)NN1)C(=O)Cc1ccc([N+](=O)[O-])cc1. The number of benzene rings is 2. The third-order valence-corrected chi connectivity index (χ3v) is 5.16. The highest BCUT2D eigenvalue weighted by molar-refractivity contribution is 5.78. The number of carbonyl (C=O) groups is 1. The molecule has 7 heteroatoms. The number of carbonyl (C=O) groups excluding carboxylic acids is 1. The highest BCUT2D eigenvalue weighted by atomic mass is 16.6. The molecule has 2 atom stereocenters. The first-order chi connectivity index (χ1) is 13.5. The van der Waals surface area contributed by atoms with Crippen molar-refractivity contribution in [1.82, 2.24) is 15.8 Å². The number of likely N-dealkylation sites (N-methyl/N-ethyl adjacent to an activating group) is 1. The number of hydrogen-bond acceptors (Lipinski definition) is 5. The fourth-order valence-corrected chi connectivity index (χ4v) is 3.46. The van der Waals surface area contributed by atoms with Gasteiger partial charge in [0.1, 0.15) is 0 Å². The van der Waals surface area contributed by atoms with Gasteiger partial charge in [0.15, 0.2) is 0 Å². The molecular formula is C21H26N4O3. The highest BCUT2D eigenvalue weighted by Gasteiger charge is 2.24. The largest absolute Gasteiger partial charge is 0.345 e. The predicted octanol–water partition coefficient (Wildman–Crippen LogP) is 2.98. The summed E-state index contributed by atoms with van der Waals surface area (Å²) in [6, 6.07) is 17.3. The van der Waals surface area contributed by atoms with Crippen molar-refractivity contribution in [1.29, 1.82) is 0 Å². The average molecular weight is 382 g/mol. The molecule has 0 spiro atoms. The molecule has 1 saturated heterocycles. The second-order valence-corrected chi connectivity index (χ2v) is 7.24. The summed E-state index contributed by atoms with van der Waals surface area (Å²) in [5.41, 5.74) is 8.81. The monoisotopic (exact) mass is 382 g/mol. The zero-order valence-electron chi connectivity index (χ0n) is 16.0. The van der Waals surface area contributed by atoms with E-state index in [0.717, 1.165) is 24.8 Å². The van der Waals surface area contributed by atoms with E-state index in [1.54, 1.807) is 24.1 Å². The van der Waals surface area contributed by atoms with E-state index >= 15 is 0 Å². The van der Waals surface area contributed by atoms with E-state index in [0.29, 0.717) is 18.6 Å². The third-order valence-electron chi connectivity index (χ3n) is 5.16. The molecule has 1 amide bonds. The van der Waals surface area contributed by atoms with Crippen molar-refractivity contribution in [2.75, 3.05) is 13.6 Å². The fourth-order valence-electron chi connectivity index (χ4n) is 3.46. The Morgan fingerprint density at radius 2 is 1.86 bits per heavy atom. The van der Waals surface area contributed by atoms with E-state index in [4.69, 9.17) is 0 Å². The molecule has 3 rings (SSSR count). The molecule has 2 unspecified atom stereocenters. The molecule has 0 radical (unpaired) electrons. The van der Waals surface area contributed by atoms with E-state index in [1.165, 1.54) is 17.7 Å². The van der Waals surface area contributed by atoms with Gasteiger partial charge in [-0.2, -0.15) is 0 Å². The third kappa shape index (κ3) is 5.37. The Bertz CT molecular complexity index is 795. The van der Waals surface area contributed by atoms with E-state index in [-0.39, 0.29) is 18.0 Å². The van der Waals surface area contributed by atoms with Gasteiger partial charge in [-0.1, -0.05) is 42.5 Å². The Balaban J connectivity index is 1.38. The Morgan fingerprint density at radius 1 is 1.14 bits per heavy atom. The lowest BCUT2D eigenvalue weighted by Gasteiger charge is -2.18. The first-order valence-corrected chi connectivity index (χ1v) is 9.56. The van der Waals surface area contributed by atoms with Gasteiger partial charge in [-0.05, 0) is 30.4 Å². The molecule has 2 aromatic carbocycles. The molecule has 0 aliphatic carbocycles. The quantitative estimate of drug-likeness (QED) is 0.541. The molecule has 7 nitrogen and oxygen atoms in total. The topological polar surface area (TPSA) is 87.5 Å². The van der Waals surface area contributed by atoms with Crippen LogP contribution in [0.25, 0.3) is 0 Å². The standard InChI is InChI=1S/C21H26N4O3/c1-24(21(26)14-16-9-11-19(12-10-16)25(27)28)13-5-8-18-15-20(23-22-18)17-6-3-2-4-7-17/h2-4,6-7,9-12,18,20,22-23H,5,8,13-15H2,1H3. The summed E-state index contributed by atoms with van der Waals surface area (Å²) >= 11 is 0. The van der Waals surface area contributed by atoms with Gasteiger partial charge < -0.3 is 4.90 Å². The van der Waals surface area contributed by atoms with E-state index in [1.807, 2.05) is 6.07 Å². The van der Waals surface area contributed by atoms with Crippen LogP contribution in [0.15, 0.2) is 54.6 Å². The second kappa shape index (κ2) is 9.43. The van der Waals surface area contributed by atoms with Crippen molar-refractivity contribution < 1.29 is 9.72 Å². The van der Waals surface area contributed by atoms with Gasteiger partial charge in [0, 0.05) is 37.8 Å². The maximum Gasteiger partial charge on any atom is 0.269 e. The number of rotatable bonds is 8. The van der Waals surface area contributed by atoms with E-state index in [9.17, 15) is 14.9 Å². The summed E-state index contributed by atoms with van der Waals surface area (Å²) in [6.45, 7) is 0.694. The Kier molecular flexibility index (Phi) is 6.73. The van der Waals surface area contributed by atoms with Gasteiger partial charge in [-0.3, -0.25) is 25.8 Å². The van der Waals surface area contributed by atoms with Crippen LogP contribution in [0.5, 0.6) is 0 Å². The summed E-state index contributed by atoms with van der Waals surface area (Å²) in [5.74, 6) is 0.0218. The first kappa shape index (κ1) is 20.0. The van der Waals surface area contributed by atoms with Crippen LogP contribution in [-0.4, -0.2) is 35.4 Å². The maximum absolute atomic E-state index is 12.4. The van der Waals surface area contributed by atoms with E-state index < -0.39 is 4.92 Å². The average Bonchev–Trinajstić information content (AvgIpc) is 3.18. The van der Waals surface area contributed by atoms with Crippen molar-refractivity contribution in [3.05, 3.63) is 75.8 Å². The minimum atomic E-state index is -0.439. The summed E-state index contributed by atoms with van der Waals surface area (Å²) in [5, 5.41) is 10.7. The molecule has 28 heavy (non-hydrogen) atoms. The lowest BCUT2D eigenvalue weighted by molar-refractivity contribution is -0.384. The molecule has 1 heterocycles. The summed E-state index contributed by atoms with van der Waals surface area (Å²) < 4.78 is 0. The van der Waals surface area contributed by atoms with Crippen LogP contribution in [0, 0.1) is 10.1 Å². The zero-order valence-corrected chi connectivity index (χ0v) is 16.0. The van der Waals surface area contributed by atoms with Crippen LogP contribution in [0.3, 0.4) is 0 Å². The minimum absolute atomic E-state index is 0.0218. The zero-order chi connectivity index (χ0) is 19.9. The van der Waals surface area contributed by atoms with Gasteiger partial charge in [-0.15, -0.1) is 0 Å². The Labute approximate surface area is 164 Å². The van der Waals surface area contributed by atoms with Crippen molar-refractivity contribution in [3.63, 3.8) is 0 Å². The van der Waals surface area contributed by atoms with Gasteiger partial charge in [0.05, 0.1) is 11.3 Å². The molecular weight excluding hydrogens is 356 g/mol. The van der Waals surface area contributed by atoms with Gasteiger partial charge in [0.25, 0.3) is 5.69 Å². The van der Waals surface area contributed by atoms with Crippen molar-refractivity contribution in [2.24, 2.45) is 0 Å². The van der Waals surface area contributed by atoms with Crippen LogP contribution in [0.2, 0.25) is 0 Å². The van der Waals surface area contributed by atoms with Crippen LogP contribution in [0.4, 0.5) is 5.69 Å². The van der Waals surface area contributed by atoms with Crippen LogP contribution >= 0.6 is 0 Å². The summed E-state index contributed by atoms with van der Waals surface area (Å²) in [7, 11) is 1.81. The molecule has 0 saturated carbocycles. The number of nitro groups is 1. The first-order valence-electron chi connectivity index (χ1n) is 9.56. The summed E-state index contributed by atoms with van der Waals surface area (Å²) in [4.78, 5) is 24.3. The number of hydrogen-bond donors (Lipinski definition) is 2. The molecule has 1 aliphatic rings. The lowest BCUT2D eigenvalue weighted by Crippen LogP contribution is -2.33. The van der Waals surface area contributed by atoms with Crippen molar-refractivity contribution in [3.8, 4) is 0 Å². The normalized spacial score (nSPS) is 18.8. The molecule has 0 aromatic heterocycles.